The number of nitrogens with zero attached hydrogens (tertiary/aromatic N) is 2. The molecule has 4 atom stereocenters. The molecular formula is C30H24N6O6. The second kappa shape index (κ2) is 9.08. The van der Waals surface area contributed by atoms with Crippen LogP contribution < -0.4 is 20.9 Å². The lowest BCUT2D eigenvalue weighted by Crippen LogP contribution is -2.53. The number of nitrogens with one attached hydrogen (secondary N) is 4. The van der Waals surface area contributed by atoms with Crippen LogP contribution in [0.1, 0.15) is 18.1 Å². The number of hydrogen-bond acceptors (Lipinski definition) is 7. The number of rotatable bonds is 5. The maximum Gasteiger partial charge on any atom is 0.269 e. The summed E-state index contributed by atoms with van der Waals surface area (Å²) in [5.74, 6) is -3.95. The number of aromatic amines is 1. The molecule has 12 nitrogen and oxygen atoms in total. The minimum absolute atomic E-state index is 0.231. The molecule has 0 aliphatic carbocycles. The Kier molecular flexibility index (Phi) is 5.53. The molecule has 4 N–H and O–H groups in total. The lowest BCUT2D eigenvalue weighted by Gasteiger charge is -2.29. The van der Waals surface area contributed by atoms with Gasteiger partial charge in [0, 0.05) is 59.1 Å². The SMILES string of the molecule is CC(=O)Nc1ccc(N2C(=O)[C@@H]3C(Cc4c[nH]c5ccccc45)NC4(C(=O)Nc5ccc([N+](=O)[O-])cc54)[C@@H]3C2=O)cc1. The number of benzene rings is 3. The summed E-state index contributed by atoms with van der Waals surface area (Å²) in [5.41, 5.74) is 1.29. The summed E-state index contributed by atoms with van der Waals surface area (Å²) in [6.45, 7) is 1.37. The molecule has 0 bridgehead atoms. The van der Waals surface area contributed by atoms with Crippen molar-refractivity contribution in [3.63, 3.8) is 0 Å². The number of imide groups is 1. The summed E-state index contributed by atoms with van der Waals surface area (Å²) in [5, 5.41) is 21.4. The number of carbonyl (C=O) groups is 4. The van der Waals surface area contributed by atoms with Crippen LogP contribution in [0.4, 0.5) is 22.7 Å². The summed E-state index contributed by atoms with van der Waals surface area (Å²) < 4.78 is 0. The van der Waals surface area contributed by atoms with Gasteiger partial charge >= 0.3 is 0 Å². The highest BCUT2D eigenvalue weighted by Gasteiger charge is 2.70. The third kappa shape index (κ3) is 3.58. The van der Waals surface area contributed by atoms with E-state index in [2.05, 4.69) is 20.9 Å². The molecule has 42 heavy (non-hydrogen) atoms. The van der Waals surface area contributed by atoms with Gasteiger partial charge in [-0.3, -0.25) is 34.6 Å². The molecule has 4 aromatic rings. The van der Waals surface area contributed by atoms with Crippen LogP contribution in [0.3, 0.4) is 0 Å². The van der Waals surface area contributed by atoms with Crippen molar-refractivity contribution >= 4 is 57.3 Å². The topological polar surface area (TPSA) is 167 Å². The summed E-state index contributed by atoms with van der Waals surface area (Å²) in [4.78, 5) is 69.1. The van der Waals surface area contributed by atoms with Crippen LogP contribution in [0.2, 0.25) is 0 Å². The van der Waals surface area contributed by atoms with E-state index in [1.165, 1.54) is 25.1 Å². The second-order valence-electron chi connectivity index (χ2n) is 10.8. The van der Waals surface area contributed by atoms with Crippen molar-refractivity contribution < 1.29 is 24.1 Å². The number of carbonyl (C=O) groups excluding carboxylic acids is 4. The molecule has 210 valence electrons. The number of hydrogen-bond donors (Lipinski definition) is 4. The van der Waals surface area contributed by atoms with E-state index < -0.39 is 46.1 Å². The zero-order valence-electron chi connectivity index (χ0n) is 22.2. The number of amides is 4. The Bertz CT molecular complexity index is 1850. The van der Waals surface area contributed by atoms with Crippen molar-refractivity contribution in [2.24, 2.45) is 11.8 Å². The van der Waals surface area contributed by atoms with Gasteiger partial charge in [-0.1, -0.05) is 18.2 Å². The number of H-pyrrole nitrogens is 1. The smallest absolute Gasteiger partial charge is 0.269 e. The second-order valence-corrected chi connectivity index (χ2v) is 10.8. The van der Waals surface area contributed by atoms with E-state index in [9.17, 15) is 29.3 Å². The van der Waals surface area contributed by atoms with Crippen molar-refractivity contribution in [1.82, 2.24) is 10.3 Å². The lowest BCUT2D eigenvalue weighted by molar-refractivity contribution is -0.384. The predicted molar refractivity (Wildman–Crippen MR) is 153 cm³/mol. The molecule has 1 aromatic heterocycles. The van der Waals surface area contributed by atoms with Crippen molar-refractivity contribution in [2.45, 2.75) is 24.9 Å². The highest BCUT2D eigenvalue weighted by atomic mass is 16.6. The van der Waals surface area contributed by atoms with Gasteiger partial charge in [-0.05, 0) is 48.4 Å². The molecule has 3 aliphatic rings. The Hall–Kier alpha value is -5.36. The third-order valence-corrected chi connectivity index (χ3v) is 8.47. The largest absolute Gasteiger partial charge is 0.361 e. The molecular weight excluding hydrogens is 540 g/mol. The van der Waals surface area contributed by atoms with Gasteiger partial charge < -0.3 is 15.6 Å². The Morgan fingerprint density at radius 1 is 1.05 bits per heavy atom. The third-order valence-electron chi connectivity index (χ3n) is 8.47. The molecule has 7 rings (SSSR count). The molecule has 2 saturated heterocycles. The first-order valence-corrected chi connectivity index (χ1v) is 13.4. The fraction of sp³-hybridized carbons (Fsp3) is 0.200. The number of nitro benzene ring substituents is 1. The van der Waals surface area contributed by atoms with Gasteiger partial charge in [0.05, 0.1) is 22.4 Å². The number of anilines is 3. The highest BCUT2D eigenvalue weighted by molar-refractivity contribution is 6.26. The van der Waals surface area contributed by atoms with Crippen LogP contribution in [-0.2, 0) is 31.1 Å². The number of aromatic nitrogens is 1. The number of nitro groups is 1. The summed E-state index contributed by atoms with van der Waals surface area (Å²) in [7, 11) is 0. The van der Waals surface area contributed by atoms with E-state index in [1.54, 1.807) is 24.3 Å². The van der Waals surface area contributed by atoms with Gasteiger partial charge in [-0.2, -0.15) is 0 Å². The molecule has 2 fully saturated rings. The monoisotopic (exact) mass is 564 g/mol. The Labute approximate surface area is 238 Å². The first kappa shape index (κ1) is 25.6. The van der Waals surface area contributed by atoms with Crippen LogP contribution in [-0.4, -0.2) is 39.6 Å². The normalized spacial score (nSPS) is 24.3. The zero-order chi connectivity index (χ0) is 29.3. The maximum absolute atomic E-state index is 14.2. The Morgan fingerprint density at radius 2 is 1.81 bits per heavy atom. The molecule has 4 heterocycles. The van der Waals surface area contributed by atoms with Gasteiger partial charge in [0.25, 0.3) is 5.69 Å². The Balaban J connectivity index is 1.35. The molecule has 0 radical (unpaired) electrons. The van der Waals surface area contributed by atoms with E-state index in [1.807, 2.05) is 30.5 Å². The Morgan fingerprint density at radius 3 is 2.55 bits per heavy atom. The van der Waals surface area contributed by atoms with Crippen LogP contribution in [0.15, 0.2) is 72.9 Å². The van der Waals surface area contributed by atoms with Crippen molar-refractivity contribution in [3.05, 3.63) is 94.2 Å². The summed E-state index contributed by atoms with van der Waals surface area (Å²) in [6.07, 6.45) is 2.17. The van der Waals surface area contributed by atoms with E-state index in [-0.39, 0.29) is 17.2 Å². The van der Waals surface area contributed by atoms with Gasteiger partial charge in [0.2, 0.25) is 23.6 Å². The van der Waals surface area contributed by atoms with Crippen LogP contribution in [0, 0.1) is 22.0 Å². The number of para-hydroxylation sites is 1. The van der Waals surface area contributed by atoms with Gasteiger partial charge in [-0.15, -0.1) is 0 Å². The molecule has 0 saturated carbocycles. The van der Waals surface area contributed by atoms with Crippen molar-refractivity contribution in [1.29, 1.82) is 0 Å². The molecule has 3 aromatic carbocycles. The van der Waals surface area contributed by atoms with E-state index in [0.717, 1.165) is 21.4 Å². The fourth-order valence-electron chi connectivity index (χ4n) is 6.77. The molecule has 1 spiro atoms. The maximum atomic E-state index is 14.2. The number of fused-ring (bicyclic) bond motifs is 5. The van der Waals surface area contributed by atoms with Gasteiger partial charge in [-0.25, -0.2) is 4.90 Å². The first-order valence-electron chi connectivity index (χ1n) is 13.4. The van der Waals surface area contributed by atoms with E-state index in [4.69, 9.17) is 0 Å². The van der Waals surface area contributed by atoms with E-state index >= 15 is 0 Å². The molecule has 2 unspecified atom stereocenters. The summed E-state index contributed by atoms with van der Waals surface area (Å²) in [6, 6.07) is 17.4. The molecule has 4 amide bonds. The van der Waals surface area contributed by atoms with Crippen molar-refractivity contribution in [2.75, 3.05) is 15.5 Å². The molecule has 12 heteroatoms. The minimum atomic E-state index is -1.69. The van der Waals surface area contributed by atoms with Crippen molar-refractivity contribution in [3.8, 4) is 0 Å². The average molecular weight is 565 g/mol. The lowest BCUT2D eigenvalue weighted by atomic mass is 9.76. The standard InChI is InChI=1S/C30H24N6O6/c1-15(37)32-17-6-8-18(9-7-17)35-27(38)25-24(12-16-14-31-22-5-3-2-4-20(16)22)34-30(26(25)28(35)39)21-13-19(36(41)42)10-11-23(21)33-29(30)40/h2-11,13-14,24-26,31,34H,12H2,1H3,(H,32,37)(H,33,40)/t24?,25-,26+,30?/m1/s1. The predicted octanol–water partition coefficient (Wildman–Crippen LogP) is 3.20. The molecule has 3 aliphatic heterocycles. The zero-order valence-corrected chi connectivity index (χ0v) is 22.2. The average Bonchev–Trinajstić information content (AvgIpc) is 3.67. The van der Waals surface area contributed by atoms with Gasteiger partial charge in [0.15, 0.2) is 0 Å². The van der Waals surface area contributed by atoms with Crippen LogP contribution in [0.25, 0.3) is 10.9 Å². The van der Waals surface area contributed by atoms with Crippen LogP contribution in [0.5, 0.6) is 0 Å². The first-order chi connectivity index (χ1) is 20.2. The number of non-ortho nitro benzene ring substituents is 1. The van der Waals surface area contributed by atoms with Gasteiger partial charge in [0.1, 0.15) is 5.54 Å². The van der Waals surface area contributed by atoms with Crippen LogP contribution >= 0.6 is 0 Å². The minimum Gasteiger partial charge on any atom is -0.361 e. The fourth-order valence-corrected chi connectivity index (χ4v) is 6.77. The quantitative estimate of drug-likeness (QED) is 0.164. The van der Waals surface area contributed by atoms with E-state index in [0.29, 0.717) is 23.5 Å². The summed E-state index contributed by atoms with van der Waals surface area (Å²) >= 11 is 0. The highest BCUT2D eigenvalue weighted by Crippen LogP contribution is 2.54.